The van der Waals surface area contributed by atoms with Gasteiger partial charge in [0.2, 0.25) is 0 Å². The molecule has 0 bridgehead atoms. The number of nitrogens with one attached hydrogen (secondary N) is 1. The lowest BCUT2D eigenvalue weighted by Gasteiger charge is -2.12. The van der Waals surface area contributed by atoms with Crippen molar-refractivity contribution < 1.29 is 4.39 Å². The van der Waals surface area contributed by atoms with Gasteiger partial charge in [-0.25, -0.2) is 9.37 Å². The molecule has 0 aliphatic carbocycles. The predicted molar refractivity (Wildman–Crippen MR) is 93.0 cm³/mol. The van der Waals surface area contributed by atoms with Gasteiger partial charge in [0.15, 0.2) is 5.82 Å². The van der Waals surface area contributed by atoms with E-state index in [0.29, 0.717) is 6.54 Å². The Morgan fingerprint density at radius 3 is 2.62 bits per heavy atom. The molecule has 1 heterocycles. The molecule has 0 saturated heterocycles. The maximum absolute atomic E-state index is 12.9. The lowest BCUT2D eigenvalue weighted by atomic mass is 10.1. The minimum atomic E-state index is -0.283. The van der Waals surface area contributed by atoms with Gasteiger partial charge in [0.25, 0.3) is 5.56 Å². The number of nitrogens with zero attached hydrogens (tertiary/aromatic N) is 2. The van der Waals surface area contributed by atoms with Gasteiger partial charge in [-0.3, -0.25) is 9.36 Å². The Kier molecular flexibility index (Phi) is 4.42. The second kappa shape index (κ2) is 6.66. The predicted octanol–water partition coefficient (Wildman–Crippen LogP) is 3.60. The molecule has 1 N–H and O–H groups in total. The molecule has 24 heavy (non-hydrogen) atoms. The molecule has 0 aliphatic heterocycles. The van der Waals surface area contributed by atoms with Gasteiger partial charge in [0.05, 0.1) is 5.69 Å². The minimum absolute atomic E-state index is 0.215. The first-order valence-corrected chi connectivity index (χ1v) is 7.68. The molecule has 0 radical (unpaired) electrons. The van der Waals surface area contributed by atoms with Gasteiger partial charge in [0, 0.05) is 18.9 Å². The molecule has 0 atom stereocenters. The van der Waals surface area contributed by atoms with Crippen molar-refractivity contribution >= 4 is 5.82 Å². The Balaban J connectivity index is 1.89. The number of benzene rings is 2. The third-order valence-corrected chi connectivity index (χ3v) is 3.84. The average Bonchev–Trinajstić information content (AvgIpc) is 2.58. The van der Waals surface area contributed by atoms with Crippen LogP contribution in [0.1, 0.15) is 16.7 Å². The third kappa shape index (κ3) is 3.35. The summed E-state index contributed by atoms with van der Waals surface area (Å²) in [6.07, 6.45) is 3.25. The number of hydrogen-bond donors (Lipinski definition) is 1. The molecule has 2 aromatic carbocycles. The summed E-state index contributed by atoms with van der Waals surface area (Å²) in [7, 11) is 0. The quantitative estimate of drug-likeness (QED) is 0.798. The van der Waals surface area contributed by atoms with E-state index in [2.05, 4.69) is 10.3 Å². The fourth-order valence-electron chi connectivity index (χ4n) is 2.49. The first-order valence-electron chi connectivity index (χ1n) is 7.68. The molecule has 0 aliphatic rings. The van der Waals surface area contributed by atoms with Gasteiger partial charge < -0.3 is 5.32 Å². The fourth-order valence-corrected chi connectivity index (χ4v) is 2.49. The highest BCUT2D eigenvalue weighted by Gasteiger charge is 2.08. The van der Waals surface area contributed by atoms with Crippen molar-refractivity contribution in [2.45, 2.75) is 20.4 Å². The monoisotopic (exact) mass is 323 g/mol. The molecule has 0 spiro atoms. The van der Waals surface area contributed by atoms with Crippen molar-refractivity contribution in [3.8, 4) is 5.69 Å². The number of anilines is 1. The van der Waals surface area contributed by atoms with Crippen molar-refractivity contribution in [1.82, 2.24) is 9.55 Å². The van der Waals surface area contributed by atoms with E-state index in [1.165, 1.54) is 12.1 Å². The summed E-state index contributed by atoms with van der Waals surface area (Å²) in [6, 6.07) is 12.1. The van der Waals surface area contributed by atoms with Crippen LogP contribution in [0.4, 0.5) is 10.2 Å². The number of halogens is 1. The summed E-state index contributed by atoms with van der Waals surface area (Å²) >= 11 is 0. The van der Waals surface area contributed by atoms with E-state index >= 15 is 0 Å². The summed E-state index contributed by atoms with van der Waals surface area (Å²) in [6.45, 7) is 4.36. The molecule has 5 heteroatoms. The van der Waals surface area contributed by atoms with Gasteiger partial charge in [0.1, 0.15) is 5.82 Å². The van der Waals surface area contributed by atoms with Crippen molar-refractivity contribution in [3.63, 3.8) is 0 Å². The van der Waals surface area contributed by atoms with Crippen LogP contribution >= 0.6 is 0 Å². The number of rotatable bonds is 4. The van der Waals surface area contributed by atoms with Crippen LogP contribution < -0.4 is 10.9 Å². The fraction of sp³-hybridized carbons (Fsp3) is 0.158. The maximum Gasteiger partial charge on any atom is 0.297 e. The standard InChI is InChI=1S/C19H18FN3O/c1-13-3-4-14(2)17(11-13)23-10-9-21-18(19(23)24)22-12-15-5-7-16(20)8-6-15/h3-11H,12H2,1-2H3,(H,21,22). The second-order valence-corrected chi connectivity index (χ2v) is 5.72. The van der Waals surface area contributed by atoms with Crippen molar-refractivity contribution in [3.05, 3.63) is 87.7 Å². The highest BCUT2D eigenvalue weighted by Crippen LogP contribution is 2.14. The molecule has 1 aromatic heterocycles. The van der Waals surface area contributed by atoms with Gasteiger partial charge in [-0.05, 0) is 48.7 Å². The van der Waals surface area contributed by atoms with Crippen LogP contribution in [-0.4, -0.2) is 9.55 Å². The zero-order valence-corrected chi connectivity index (χ0v) is 13.6. The molecule has 0 unspecified atom stereocenters. The summed E-state index contributed by atoms with van der Waals surface area (Å²) in [5, 5.41) is 3.03. The maximum atomic E-state index is 12.9. The van der Waals surface area contributed by atoms with Crippen molar-refractivity contribution in [1.29, 1.82) is 0 Å². The Hall–Kier alpha value is -2.95. The van der Waals surface area contributed by atoms with E-state index in [9.17, 15) is 9.18 Å². The molecule has 0 fully saturated rings. The van der Waals surface area contributed by atoms with Crippen LogP contribution in [0.5, 0.6) is 0 Å². The highest BCUT2D eigenvalue weighted by atomic mass is 19.1. The van der Waals surface area contributed by atoms with E-state index in [-0.39, 0.29) is 17.2 Å². The summed E-state index contributed by atoms with van der Waals surface area (Å²) in [5.41, 5.74) is 3.60. The third-order valence-electron chi connectivity index (χ3n) is 3.84. The van der Waals surface area contributed by atoms with Crippen LogP contribution in [0, 0.1) is 19.7 Å². The van der Waals surface area contributed by atoms with Crippen LogP contribution in [0.2, 0.25) is 0 Å². The summed E-state index contributed by atoms with van der Waals surface area (Å²) in [5.74, 6) is -0.0170. The Morgan fingerprint density at radius 1 is 1.12 bits per heavy atom. The van der Waals surface area contributed by atoms with Gasteiger partial charge in [-0.15, -0.1) is 0 Å². The van der Waals surface area contributed by atoms with E-state index in [1.54, 1.807) is 29.1 Å². The Morgan fingerprint density at radius 2 is 1.88 bits per heavy atom. The van der Waals surface area contributed by atoms with E-state index in [0.717, 1.165) is 22.4 Å². The second-order valence-electron chi connectivity index (χ2n) is 5.72. The van der Waals surface area contributed by atoms with E-state index in [4.69, 9.17) is 0 Å². The zero-order valence-electron chi connectivity index (χ0n) is 13.6. The van der Waals surface area contributed by atoms with Crippen LogP contribution in [0.15, 0.2) is 59.7 Å². The highest BCUT2D eigenvalue weighted by molar-refractivity contribution is 5.45. The van der Waals surface area contributed by atoms with Gasteiger partial charge >= 0.3 is 0 Å². The van der Waals surface area contributed by atoms with Crippen LogP contribution in [0.3, 0.4) is 0 Å². The molecule has 0 saturated carbocycles. The molecule has 3 aromatic rings. The van der Waals surface area contributed by atoms with E-state index < -0.39 is 0 Å². The first kappa shape index (κ1) is 15.9. The van der Waals surface area contributed by atoms with Crippen LogP contribution in [0.25, 0.3) is 5.69 Å². The Labute approximate surface area is 139 Å². The number of aromatic nitrogens is 2. The molecule has 0 amide bonds. The van der Waals surface area contributed by atoms with Crippen molar-refractivity contribution in [2.75, 3.05) is 5.32 Å². The largest absolute Gasteiger partial charge is 0.361 e. The topological polar surface area (TPSA) is 46.9 Å². The minimum Gasteiger partial charge on any atom is -0.361 e. The lowest BCUT2D eigenvalue weighted by Crippen LogP contribution is -2.23. The molecular weight excluding hydrogens is 305 g/mol. The van der Waals surface area contributed by atoms with Gasteiger partial charge in [-0.2, -0.15) is 0 Å². The smallest absolute Gasteiger partial charge is 0.297 e. The Bertz CT molecular complexity index is 917. The SMILES string of the molecule is Cc1ccc(C)c(-n2ccnc(NCc3ccc(F)cc3)c2=O)c1. The molecular formula is C19H18FN3O. The summed E-state index contributed by atoms with van der Waals surface area (Å²) < 4.78 is 14.5. The molecule has 3 rings (SSSR count). The molecule has 122 valence electrons. The van der Waals surface area contributed by atoms with Crippen LogP contribution in [-0.2, 0) is 6.54 Å². The zero-order chi connectivity index (χ0) is 17.1. The van der Waals surface area contributed by atoms with E-state index in [1.807, 2.05) is 32.0 Å². The number of hydrogen-bond acceptors (Lipinski definition) is 3. The normalized spacial score (nSPS) is 10.6. The first-order chi connectivity index (χ1) is 11.5. The number of aryl methyl sites for hydroxylation is 2. The lowest BCUT2D eigenvalue weighted by molar-refractivity contribution is 0.627. The summed E-state index contributed by atoms with van der Waals surface area (Å²) in [4.78, 5) is 16.8. The average molecular weight is 323 g/mol. The van der Waals surface area contributed by atoms with Gasteiger partial charge in [-0.1, -0.05) is 24.3 Å². The van der Waals surface area contributed by atoms with Crippen molar-refractivity contribution in [2.24, 2.45) is 0 Å². The molecule has 4 nitrogen and oxygen atoms in total.